The Morgan fingerprint density at radius 2 is 1.49 bits per heavy atom. The molecule has 4 aromatic carbocycles. The van der Waals surface area contributed by atoms with Gasteiger partial charge in [0.1, 0.15) is 6.54 Å². The molecule has 8 nitrogen and oxygen atoms in total. The molecule has 4 rings (SSSR count). The van der Waals surface area contributed by atoms with Crippen molar-refractivity contribution >= 4 is 77.2 Å². The van der Waals surface area contributed by atoms with Crippen LogP contribution in [0.3, 0.4) is 0 Å². The minimum Gasteiger partial charge on any atom is -0.325 e. The molecule has 0 radical (unpaired) electrons. The molecule has 39 heavy (non-hydrogen) atoms. The largest absolute Gasteiger partial charge is 0.325 e. The Balaban J connectivity index is 1.52. The van der Waals surface area contributed by atoms with Crippen LogP contribution in [0.4, 0.5) is 17.1 Å². The molecule has 0 aliphatic carbocycles. The molecule has 0 fully saturated rings. The van der Waals surface area contributed by atoms with E-state index in [1.807, 2.05) is 0 Å². The van der Waals surface area contributed by atoms with Crippen molar-refractivity contribution in [1.29, 1.82) is 0 Å². The molecule has 2 N–H and O–H groups in total. The van der Waals surface area contributed by atoms with Crippen LogP contribution in [0.1, 0.15) is 5.56 Å². The molecule has 0 aliphatic heterocycles. The molecular formula is C27H23ClIN3O5S2. The van der Waals surface area contributed by atoms with Crippen LogP contribution >= 0.6 is 34.2 Å². The van der Waals surface area contributed by atoms with Crippen LogP contribution < -0.4 is 14.3 Å². The topological polar surface area (TPSA) is 113 Å². The van der Waals surface area contributed by atoms with Gasteiger partial charge in [-0.15, -0.1) is 0 Å². The number of benzene rings is 4. The summed E-state index contributed by atoms with van der Waals surface area (Å²) in [5.41, 5.74) is 1.70. The molecule has 0 saturated heterocycles. The van der Waals surface area contributed by atoms with Crippen LogP contribution in [0.15, 0.2) is 107 Å². The first-order chi connectivity index (χ1) is 18.5. The summed E-state index contributed by atoms with van der Waals surface area (Å²) in [5.74, 6) is -0.601. The van der Waals surface area contributed by atoms with Crippen molar-refractivity contribution in [1.82, 2.24) is 0 Å². The predicted octanol–water partition coefficient (Wildman–Crippen LogP) is 5.89. The third-order valence-electron chi connectivity index (χ3n) is 5.63. The van der Waals surface area contributed by atoms with Crippen LogP contribution in [0.5, 0.6) is 0 Å². The second-order valence-corrected chi connectivity index (χ2v) is 13.7. The zero-order valence-electron chi connectivity index (χ0n) is 20.5. The van der Waals surface area contributed by atoms with Gasteiger partial charge in [-0.25, -0.2) is 16.8 Å². The lowest BCUT2D eigenvalue weighted by molar-refractivity contribution is -0.114. The number of halogens is 2. The van der Waals surface area contributed by atoms with Gasteiger partial charge in [0.2, 0.25) is 5.91 Å². The highest BCUT2D eigenvalue weighted by Crippen LogP contribution is 2.26. The molecule has 0 heterocycles. The fraction of sp³-hybridized carbons (Fsp3) is 0.0741. The van der Waals surface area contributed by atoms with Crippen molar-refractivity contribution < 1.29 is 21.6 Å². The maximum atomic E-state index is 13.4. The second kappa shape index (κ2) is 11.9. The molecule has 202 valence electrons. The van der Waals surface area contributed by atoms with Gasteiger partial charge in [-0.3, -0.25) is 13.8 Å². The lowest BCUT2D eigenvalue weighted by Crippen LogP contribution is -2.38. The molecular weight excluding hydrogens is 673 g/mol. The monoisotopic (exact) mass is 695 g/mol. The summed E-state index contributed by atoms with van der Waals surface area (Å²) in [7, 11) is -7.96. The predicted molar refractivity (Wildman–Crippen MR) is 162 cm³/mol. The molecule has 0 spiro atoms. The lowest BCUT2D eigenvalue weighted by atomic mass is 10.2. The number of carbonyl (C=O) groups excluding carboxylic acids is 1. The highest BCUT2D eigenvalue weighted by atomic mass is 127. The van der Waals surface area contributed by atoms with Gasteiger partial charge in [0, 0.05) is 14.3 Å². The Morgan fingerprint density at radius 1 is 0.846 bits per heavy atom. The first kappa shape index (κ1) is 28.9. The van der Waals surface area contributed by atoms with Gasteiger partial charge in [-0.1, -0.05) is 35.9 Å². The third kappa shape index (κ3) is 7.10. The molecule has 0 aliphatic rings. The minimum absolute atomic E-state index is 0.0213. The summed E-state index contributed by atoms with van der Waals surface area (Å²) in [6, 6.07) is 25.0. The number of aryl methyl sites for hydroxylation is 1. The SMILES string of the molecule is Cc1ccc(Cl)cc1NS(=O)(=O)c1ccc(NC(=O)CN(c2ccc(I)cc2)S(=O)(=O)c2ccccc2)cc1. The highest BCUT2D eigenvalue weighted by Gasteiger charge is 2.27. The lowest BCUT2D eigenvalue weighted by Gasteiger charge is -2.24. The van der Waals surface area contributed by atoms with Gasteiger partial charge in [0.05, 0.1) is 21.2 Å². The fourth-order valence-electron chi connectivity index (χ4n) is 3.60. The van der Waals surface area contributed by atoms with E-state index in [2.05, 4.69) is 32.6 Å². The van der Waals surface area contributed by atoms with E-state index >= 15 is 0 Å². The Labute approximate surface area is 246 Å². The van der Waals surface area contributed by atoms with Crippen LogP contribution in [0.25, 0.3) is 0 Å². The second-order valence-electron chi connectivity index (χ2n) is 8.44. The molecule has 0 unspecified atom stereocenters. The van der Waals surface area contributed by atoms with E-state index < -0.39 is 32.5 Å². The van der Waals surface area contributed by atoms with Crippen molar-refractivity contribution in [2.24, 2.45) is 0 Å². The average Bonchev–Trinajstić information content (AvgIpc) is 2.90. The first-order valence-corrected chi connectivity index (χ1v) is 15.9. The van der Waals surface area contributed by atoms with Crippen molar-refractivity contribution in [2.45, 2.75) is 16.7 Å². The minimum atomic E-state index is -4.04. The van der Waals surface area contributed by atoms with E-state index in [4.69, 9.17) is 11.6 Å². The fourth-order valence-corrected chi connectivity index (χ4v) is 6.69. The van der Waals surface area contributed by atoms with Crippen molar-refractivity contribution in [3.05, 3.63) is 111 Å². The molecule has 12 heteroatoms. The number of amides is 1. The Morgan fingerprint density at radius 3 is 2.13 bits per heavy atom. The quantitative estimate of drug-likeness (QED) is 0.212. The number of sulfonamides is 2. The number of hydrogen-bond donors (Lipinski definition) is 2. The number of nitrogens with zero attached hydrogens (tertiary/aromatic N) is 1. The van der Waals surface area contributed by atoms with Crippen molar-refractivity contribution in [3.8, 4) is 0 Å². The van der Waals surface area contributed by atoms with Gasteiger partial charge in [-0.2, -0.15) is 0 Å². The van der Waals surface area contributed by atoms with Gasteiger partial charge in [-0.05, 0) is 108 Å². The summed E-state index contributed by atoms with van der Waals surface area (Å²) in [4.78, 5) is 13.0. The first-order valence-electron chi connectivity index (χ1n) is 11.5. The highest BCUT2D eigenvalue weighted by molar-refractivity contribution is 14.1. The summed E-state index contributed by atoms with van der Waals surface area (Å²) >= 11 is 8.10. The number of nitrogens with one attached hydrogen (secondary N) is 2. The number of rotatable bonds is 9. The van der Waals surface area contributed by atoms with Crippen molar-refractivity contribution in [2.75, 3.05) is 20.9 Å². The van der Waals surface area contributed by atoms with Gasteiger partial charge in [0.25, 0.3) is 20.0 Å². The van der Waals surface area contributed by atoms with E-state index in [1.165, 1.54) is 42.5 Å². The number of carbonyl (C=O) groups is 1. The van der Waals surface area contributed by atoms with Gasteiger partial charge >= 0.3 is 0 Å². The van der Waals surface area contributed by atoms with Crippen LogP contribution in [-0.2, 0) is 24.8 Å². The Hall–Kier alpha value is -3.13. The van der Waals surface area contributed by atoms with E-state index in [9.17, 15) is 21.6 Å². The zero-order chi connectivity index (χ0) is 28.2. The van der Waals surface area contributed by atoms with E-state index in [1.54, 1.807) is 61.5 Å². The van der Waals surface area contributed by atoms with Crippen molar-refractivity contribution in [3.63, 3.8) is 0 Å². The van der Waals surface area contributed by atoms with Crippen LogP contribution in [0.2, 0.25) is 5.02 Å². The third-order valence-corrected chi connectivity index (χ3v) is 9.75. The molecule has 0 atom stereocenters. The zero-order valence-corrected chi connectivity index (χ0v) is 25.1. The van der Waals surface area contributed by atoms with E-state index in [0.29, 0.717) is 27.6 Å². The molecule has 0 saturated carbocycles. The van der Waals surface area contributed by atoms with E-state index in [-0.39, 0.29) is 9.79 Å². The van der Waals surface area contributed by atoms with Crippen LogP contribution in [0, 0.1) is 10.5 Å². The molecule has 0 bridgehead atoms. The summed E-state index contributed by atoms with van der Waals surface area (Å²) < 4.78 is 57.0. The van der Waals surface area contributed by atoms with E-state index in [0.717, 1.165) is 7.88 Å². The molecule has 1 amide bonds. The number of hydrogen-bond acceptors (Lipinski definition) is 5. The maximum Gasteiger partial charge on any atom is 0.264 e. The Kier molecular flexibility index (Phi) is 8.84. The maximum absolute atomic E-state index is 13.4. The summed E-state index contributed by atoms with van der Waals surface area (Å²) in [5, 5.41) is 3.04. The van der Waals surface area contributed by atoms with Gasteiger partial charge in [0.15, 0.2) is 0 Å². The average molecular weight is 696 g/mol. The number of anilines is 3. The Bertz CT molecular complexity index is 1700. The van der Waals surface area contributed by atoms with Crippen LogP contribution in [-0.4, -0.2) is 29.3 Å². The summed E-state index contributed by atoms with van der Waals surface area (Å²) in [6.07, 6.45) is 0. The summed E-state index contributed by atoms with van der Waals surface area (Å²) in [6.45, 7) is 1.26. The molecule has 0 aromatic heterocycles. The standard InChI is InChI=1S/C27H23ClIN3O5S2/c1-19-7-8-20(28)17-26(19)31-38(34,35)24-15-11-22(12-16-24)30-27(33)18-32(23-13-9-21(29)10-14-23)39(36,37)25-5-3-2-4-6-25/h2-17,31H,18H2,1H3,(H,30,33). The van der Waals surface area contributed by atoms with Gasteiger partial charge < -0.3 is 5.32 Å². The normalized spacial score (nSPS) is 11.6. The smallest absolute Gasteiger partial charge is 0.264 e. The molecule has 4 aromatic rings.